The van der Waals surface area contributed by atoms with Crippen molar-refractivity contribution in [3.8, 4) is 6.07 Å². The lowest BCUT2D eigenvalue weighted by Gasteiger charge is -2.39. The molecule has 9 nitrogen and oxygen atoms in total. The zero-order valence-corrected chi connectivity index (χ0v) is 23.5. The van der Waals surface area contributed by atoms with Gasteiger partial charge in [0.1, 0.15) is 23.8 Å². The van der Waals surface area contributed by atoms with Gasteiger partial charge in [-0.05, 0) is 67.0 Å². The van der Waals surface area contributed by atoms with Crippen LogP contribution < -0.4 is 15.1 Å². The summed E-state index contributed by atoms with van der Waals surface area (Å²) in [6, 6.07) is 14.9. The second kappa shape index (κ2) is 11.2. The van der Waals surface area contributed by atoms with E-state index in [-0.39, 0.29) is 30.4 Å². The van der Waals surface area contributed by atoms with Crippen LogP contribution in [0.1, 0.15) is 72.9 Å². The van der Waals surface area contributed by atoms with Crippen LogP contribution in [0.5, 0.6) is 0 Å². The smallest absolute Gasteiger partial charge is 0.252 e. The molecule has 0 spiro atoms. The van der Waals surface area contributed by atoms with E-state index in [2.05, 4.69) is 15.3 Å². The summed E-state index contributed by atoms with van der Waals surface area (Å²) in [7, 11) is 0. The van der Waals surface area contributed by atoms with Crippen LogP contribution >= 0.6 is 0 Å². The van der Waals surface area contributed by atoms with Gasteiger partial charge in [-0.25, -0.2) is 18.7 Å². The number of nitriles is 1. The highest BCUT2D eigenvalue weighted by molar-refractivity contribution is 6.10. The van der Waals surface area contributed by atoms with Gasteiger partial charge in [-0.1, -0.05) is 36.4 Å². The minimum atomic E-state index is -2.84. The van der Waals surface area contributed by atoms with Crippen LogP contribution in [0.2, 0.25) is 0 Å². The van der Waals surface area contributed by atoms with Gasteiger partial charge >= 0.3 is 0 Å². The first-order chi connectivity index (χ1) is 20.6. The largest absolute Gasteiger partial charge is 0.351 e. The zero-order chi connectivity index (χ0) is 30.3. The van der Waals surface area contributed by atoms with Gasteiger partial charge in [0, 0.05) is 37.2 Å². The Labute approximate surface area is 247 Å². The van der Waals surface area contributed by atoms with Crippen molar-refractivity contribution in [2.75, 3.05) is 9.80 Å². The van der Waals surface area contributed by atoms with Gasteiger partial charge < -0.3 is 5.32 Å². The first kappa shape index (κ1) is 28.4. The van der Waals surface area contributed by atoms with Gasteiger partial charge in [-0.15, -0.1) is 0 Å². The van der Waals surface area contributed by atoms with Gasteiger partial charge in [0.05, 0.1) is 0 Å². The minimum Gasteiger partial charge on any atom is -0.351 e. The van der Waals surface area contributed by atoms with Crippen LogP contribution in [0.4, 0.5) is 20.4 Å². The summed E-state index contributed by atoms with van der Waals surface area (Å²) in [5.41, 5.74) is 2.81. The number of amides is 3. The van der Waals surface area contributed by atoms with E-state index in [1.807, 2.05) is 43.3 Å². The third-order valence-corrected chi connectivity index (χ3v) is 8.33. The number of hydrogen-bond donors (Lipinski definition) is 1. The van der Waals surface area contributed by atoms with Crippen LogP contribution in [0.25, 0.3) is 0 Å². The molecule has 0 unspecified atom stereocenters. The van der Waals surface area contributed by atoms with Gasteiger partial charge in [-0.3, -0.25) is 24.2 Å². The van der Waals surface area contributed by atoms with E-state index >= 15 is 0 Å². The molecule has 1 aliphatic heterocycles. The maximum atomic E-state index is 14.7. The molecule has 1 N–H and O–H groups in total. The number of aryl methyl sites for hydroxylation is 1. The molecule has 1 aromatic heterocycles. The summed E-state index contributed by atoms with van der Waals surface area (Å²) in [4.78, 5) is 52.9. The van der Waals surface area contributed by atoms with Crippen molar-refractivity contribution in [3.05, 3.63) is 83.2 Å². The molecule has 0 radical (unpaired) electrons. The number of nitrogens with zero attached hydrogens (tertiary/aromatic N) is 5. The molecule has 2 atom stereocenters. The van der Waals surface area contributed by atoms with E-state index in [4.69, 9.17) is 0 Å². The highest BCUT2D eigenvalue weighted by Crippen LogP contribution is 2.43. The molecule has 0 bridgehead atoms. The highest BCUT2D eigenvalue weighted by Gasteiger charge is 2.48. The number of aromatic nitrogens is 2. The fourth-order valence-corrected chi connectivity index (χ4v) is 5.94. The fraction of sp³-hybridized carbons (Fsp3) is 0.375. The fourth-order valence-electron chi connectivity index (χ4n) is 5.94. The molecule has 3 amide bonds. The molecule has 2 aromatic carbocycles. The van der Waals surface area contributed by atoms with Gasteiger partial charge in [0.25, 0.3) is 11.8 Å². The van der Waals surface area contributed by atoms with Crippen molar-refractivity contribution < 1.29 is 23.2 Å². The number of halogens is 2. The minimum absolute atomic E-state index is 0.0411. The Morgan fingerprint density at radius 3 is 2.58 bits per heavy atom. The molecule has 2 heterocycles. The van der Waals surface area contributed by atoms with Gasteiger partial charge in [0.2, 0.25) is 17.8 Å². The van der Waals surface area contributed by atoms with Crippen molar-refractivity contribution in [2.24, 2.45) is 0 Å². The first-order valence-electron chi connectivity index (χ1n) is 14.4. The predicted octanol–water partition coefficient (Wildman–Crippen LogP) is 4.72. The van der Waals surface area contributed by atoms with Crippen LogP contribution in [-0.4, -0.2) is 45.7 Å². The summed E-state index contributed by atoms with van der Waals surface area (Å²) in [6.07, 6.45) is 2.64. The van der Waals surface area contributed by atoms with Crippen molar-refractivity contribution in [3.63, 3.8) is 0 Å². The maximum Gasteiger partial charge on any atom is 0.252 e. The zero-order valence-electron chi connectivity index (χ0n) is 23.5. The second-order valence-corrected chi connectivity index (χ2v) is 11.5. The number of carbonyl (C=O) groups excluding carboxylic acids is 3. The first-order valence-corrected chi connectivity index (χ1v) is 14.4. The Morgan fingerprint density at radius 2 is 1.88 bits per heavy atom. The van der Waals surface area contributed by atoms with Crippen molar-refractivity contribution >= 4 is 29.4 Å². The highest BCUT2D eigenvalue weighted by atomic mass is 19.3. The lowest BCUT2D eigenvalue weighted by molar-refractivity contribution is -0.133. The van der Waals surface area contributed by atoms with Crippen LogP contribution in [0.15, 0.2) is 60.8 Å². The number of anilines is 2. The number of hydrogen-bond acceptors (Lipinski definition) is 6. The van der Waals surface area contributed by atoms with Crippen molar-refractivity contribution in [2.45, 2.75) is 75.4 Å². The average Bonchev–Trinajstić information content (AvgIpc) is 3.76. The molecule has 43 heavy (non-hydrogen) atoms. The third kappa shape index (κ3) is 5.69. The molecule has 220 valence electrons. The van der Waals surface area contributed by atoms with Crippen LogP contribution in [0.3, 0.4) is 0 Å². The molecule has 6 rings (SSSR count). The van der Waals surface area contributed by atoms with Crippen LogP contribution in [0, 0.1) is 18.3 Å². The topological polar surface area (TPSA) is 119 Å². The molecule has 3 fully saturated rings. The summed E-state index contributed by atoms with van der Waals surface area (Å²) < 4.78 is 27.4. The number of nitrogens with one attached hydrogen (secondary N) is 1. The van der Waals surface area contributed by atoms with Gasteiger partial charge in [-0.2, -0.15) is 5.26 Å². The molecular formula is C32H30F2N6O3. The van der Waals surface area contributed by atoms with E-state index in [0.717, 1.165) is 24.0 Å². The Hall–Kier alpha value is -4.72. The molecule has 11 heteroatoms. The molecule has 3 aliphatic rings. The molecule has 2 aliphatic carbocycles. The Kier molecular flexibility index (Phi) is 7.38. The molecule has 3 aromatic rings. The summed E-state index contributed by atoms with van der Waals surface area (Å²) in [5.74, 6) is -4.06. The molecule has 1 saturated heterocycles. The second-order valence-electron chi connectivity index (χ2n) is 11.5. The van der Waals surface area contributed by atoms with Crippen LogP contribution in [-0.2, 0) is 14.4 Å². The quantitative estimate of drug-likeness (QED) is 0.409. The monoisotopic (exact) mass is 584 g/mol. The third-order valence-electron chi connectivity index (χ3n) is 8.33. The number of alkyl halides is 2. The number of rotatable bonds is 8. The number of carbonyl (C=O) groups is 3. The van der Waals surface area contributed by atoms with E-state index < -0.39 is 48.7 Å². The molecule has 2 saturated carbocycles. The van der Waals surface area contributed by atoms with E-state index in [0.29, 0.717) is 17.2 Å². The summed E-state index contributed by atoms with van der Waals surface area (Å²) in [6.45, 7) is 1.82. The van der Waals surface area contributed by atoms with Crippen molar-refractivity contribution in [1.29, 1.82) is 5.26 Å². The Bertz CT molecular complexity index is 1630. The molecular weight excluding hydrogens is 554 g/mol. The van der Waals surface area contributed by atoms with Crippen molar-refractivity contribution in [1.82, 2.24) is 15.3 Å². The predicted molar refractivity (Wildman–Crippen MR) is 153 cm³/mol. The SMILES string of the molecule is Cc1ccccc1[C@@H](C(=O)NC1CC(F)(F)C1)N(C(=O)[C@@H]1CCC(=O)N1c1nccc(C#N)n1)c1cccc(C2CC2)c1. The normalized spacial score (nSPS) is 20.2. The Morgan fingerprint density at radius 1 is 1.12 bits per heavy atom. The number of benzene rings is 2. The average molecular weight is 585 g/mol. The standard InChI is InChI=1S/C32H30F2N6O3/c1-19-5-2-3-8-25(19)28(29(42)37-23-16-32(33,34)17-23)39(24-7-4-6-21(15-24)20-9-10-20)30(43)26-11-12-27(41)40(26)31-36-14-13-22(18-35)38-31/h2-8,13-15,20,23,26,28H,9-12,16-17H2,1H3,(H,37,42)/t26-,28-/m0/s1. The summed E-state index contributed by atoms with van der Waals surface area (Å²) >= 11 is 0. The maximum absolute atomic E-state index is 14.7. The Balaban J connectivity index is 1.45. The lowest BCUT2D eigenvalue weighted by Crippen LogP contribution is -2.56. The lowest BCUT2D eigenvalue weighted by atomic mass is 9.87. The van der Waals surface area contributed by atoms with E-state index in [1.165, 1.54) is 22.1 Å². The van der Waals surface area contributed by atoms with Gasteiger partial charge in [0.15, 0.2) is 0 Å². The summed E-state index contributed by atoms with van der Waals surface area (Å²) in [5, 5.41) is 12.1. The van der Waals surface area contributed by atoms with E-state index in [1.54, 1.807) is 18.2 Å². The van der Waals surface area contributed by atoms with E-state index in [9.17, 15) is 28.4 Å².